The van der Waals surface area contributed by atoms with Crippen molar-refractivity contribution in [2.24, 2.45) is 0 Å². The summed E-state index contributed by atoms with van der Waals surface area (Å²) in [6.07, 6.45) is 87.4. The normalized spacial score (nSPS) is 12.4. The fraction of sp³-hybridized carbons (Fsp3) is 0.973. The van der Waals surface area contributed by atoms with Crippen molar-refractivity contribution < 1.29 is 24.5 Å². The Kier molecular flexibility index (Phi) is 70.3. The molecule has 0 bridgehead atoms. The van der Waals surface area contributed by atoms with Gasteiger partial charge in [0.1, 0.15) is 0 Å². The first kappa shape index (κ1) is 79.9. The molecule has 0 fully saturated rings. The number of unbranched alkanes of at least 4 members (excludes halogenated alkanes) is 61. The maximum atomic E-state index is 12.6. The Morgan fingerprint density at radius 3 is 0.753 bits per heavy atom. The van der Waals surface area contributed by atoms with Crippen LogP contribution in [0.15, 0.2) is 0 Å². The van der Waals surface area contributed by atoms with Crippen LogP contribution in [0.4, 0.5) is 0 Å². The van der Waals surface area contributed by atoms with Gasteiger partial charge in [-0.1, -0.05) is 406 Å². The van der Waals surface area contributed by atoms with E-state index in [0.29, 0.717) is 25.9 Å². The minimum Gasteiger partial charge on any atom is -0.466 e. The van der Waals surface area contributed by atoms with Gasteiger partial charge in [-0.3, -0.25) is 9.59 Å². The predicted molar refractivity (Wildman–Crippen MR) is 357 cm³/mol. The maximum Gasteiger partial charge on any atom is 0.305 e. The molecule has 0 aromatic heterocycles. The first-order valence-electron chi connectivity index (χ1n) is 37.8. The van der Waals surface area contributed by atoms with Gasteiger partial charge in [-0.05, 0) is 25.7 Å². The number of hydrogen-bond acceptors (Lipinski definition) is 5. The van der Waals surface area contributed by atoms with Gasteiger partial charge in [0.2, 0.25) is 5.91 Å². The molecular weight excluding hydrogens is 995 g/mol. The summed E-state index contributed by atoms with van der Waals surface area (Å²) >= 11 is 0. The molecule has 0 spiro atoms. The van der Waals surface area contributed by atoms with Gasteiger partial charge in [-0.25, -0.2) is 0 Å². The molecule has 0 saturated heterocycles. The third kappa shape index (κ3) is 67.9. The molecule has 0 aromatic rings. The first-order valence-corrected chi connectivity index (χ1v) is 37.8. The molecule has 1 amide bonds. The molecule has 2 atom stereocenters. The molecule has 6 heteroatoms. The molecule has 0 saturated carbocycles. The lowest BCUT2D eigenvalue weighted by molar-refractivity contribution is -0.143. The Morgan fingerprint density at radius 1 is 0.296 bits per heavy atom. The molecule has 81 heavy (non-hydrogen) atoms. The zero-order chi connectivity index (χ0) is 58.5. The predicted octanol–water partition coefficient (Wildman–Crippen LogP) is 24.5. The van der Waals surface area contributed by atoms with E-state index in [2.05, 4.69) is 19.2 Å². The Morgan fingerprint density at radius 2 is 0.506 bits per heavy atom. The number of nitrogens with one attached hydrogen (secondary N) is 1. The van der Waals surface area contributed by atoms with Gasteiger partial charge in [-0.2, -0.15) is 0 Å². The van der Waals surface area contributed by atoms with Crippen LogP contribution in [0.25, 0.3) is 0 Å². The third-order valence-electron chi connectivity index (χ3n) is 18.2. The van der Waals surface area contributed by atoms with Crippen molar-refractivity contribution in [2.75, 3.05) is 13.2 Å². The number of carbonyl (C=O) groups is 2. The highest BCUT2D eigenvalue weighted by molar-refractivity contribution is 5.76. The van der Waals surface area contributed by atoms with E-state index >= 15 is 0 Å². The lowest BCUT2D eigenvalue weighted by atomic mass is 10.0. The minimum atomic E-state index is -0.663. The SMILES string of the molecule is CCCCCCCCCCCCCCCCCCCCCCCCC(O)C(CO)NC(=O)CCCCCCCCCCCCCCCCCCCCCCCCCCCCCOC(=O)CCCCCCCCCCCCCCCCC. The summed E-state index contributed by atoms with van der Waals surface area (Å²) in [7, 11) is 0. The summed E-state index contributed by atoms with van der Waals surface area (Å²) < 4.78 is 5.50. The van der Waals surface area contributed by atoms with Crippen molar-refractivity contribution >= 4 is 11.9 Å². The van der Waals surface area contributed by atoms with Crippen LogP contribution < -0.4 is 5.32 Å². The van der Waals surface area contributed by atoms with E-state index in [4.69, 9.17) is 4.74 Å². The van der Waals surface area contributed by atoms with Crippen LogP contribution in [0.5, 0.6) is 0 Å². The van der Waals surface area contributed by atoms with E-state index in [1.54, 1.807) is 0 Å². The van der Waals surface area contributed by atoms with Gasteiger partial charge in [0.15, 0.2) is 0 Å². The van der Waals surface area contributed by atoms with Crippen LogP contribution in [-0.4, -0.2) is 47.4 Å². The molecule has 0 heterocycles. The smallest absolute Gasteiger partial charge is 0.305 e. The summed E-state index contributed by atoms with van der Waals surface area (Å²) in [5.74, 6) is -0.00364. The molecule has 0 radical (unpaired) electrons. The summed E-state index contributed by atoms with van der Waals surface area (Å²) in [6.45, 7) is 5.01. The second-order valence-electron chi connectivity index (χ2n) is 26.4. The van der Waals surface area contributed by atoms with Crippen molar-refractivity contribution in [1.29, 1.82) is 0 Å². The van der Waals surface area contributed by atoms with Gasteiger partial charge >= 0.3 is 5.97 Å². The Labute approximate surface area is 508 Å². The molecule has 0 rings (SSSR count). The third-order valence-corrected chi connectivity index (χ3v) is 18.2. The second kappa shape index (κ2) is 71.3. The van der Waals surface area contributed by atoms with Gasteiger partial charge in [0.05, 0.1) is 25.4 Å². The molecule has 0 aromatic carbocycles. The Balaban J connectivity index is 3.34. The fourth-order valence-electron chi connectivity index (χ4n) is 12.4. The van der Waals surface area contributed by atoms with Crippen LogP contribution in [0.1, 0.15) is 444 Å². The van der Waals surface area contributed by atoms with Gasteiger partial charge in [0, 0.05) is 12.8 Å². The first-order chi connectivity index (χ1) is 40.0. The van der Waals surface area contributed by atoms with Gasteiger partial charge in [0.25, 0.3) is 0 Å². The lowest BCUT2D eigenvalue weighted by Gasteiger charge is -2.22. The van der Waals surface area contributed by atoms with Crippen LogP contribution in [0, 0.1) is 0 Å². The van der Waals surface area contributed by atoms with E-state index in [1.165, 1.54) is 372 Å². The number of aliphatic hydroxyl groups is 2. The van der Waals surface area contributed by atoms with Gasteiger partial charge < -0.3 is 20.3 Å². The average molecular weight is 1150 g/mol. The van der Waals surface area contributed by atoms with Crippen molar-refractivity contribution in [3.05, 3.63) is 0 Å². The monoisotopic (exact) mass is 1140 g/mol. The standard InChI is InChI=1S/C75H149NO5/c1-3-5-7-9-11-13-15-17-19-20-21-22-30-33-36-40-43-47-51-55-59-63-67-73(78)72(71-77)76-74(79)68-64-60-56-52-48-44-41-37-34-31-28-26-24-23-25-27-29-32-35-38-42-46-50-54-58-62-66-70-81-75(80)69-65-61-57-53-49-45-39-18-16-14-12-10-8-6-4-2/h72-73,77-78H,3-71H2,1-2H3,(H,76,79). The number of aliphatic hydroxyl groups excluding tert-OH is 2. The van der Waals surface area contributed by atoms with E-state index in [1.807, 2.05) is 0 Å². The lowest BCUT2D eigenvalue weighted by Crippen LogP contribution is -2.45. The Bertz CT molecular complexity index is 1180. The number of ether oxygens (including phenoxy) is 1. The van der Waals surface area contributed by atoms with E-state index in [-0.39, 0.29) is 18.5 Å². The average Bonchev–Trinajstić information content (AvgIpc) is 3.47. The molecule has 0 aliphatic heterocycles. The molecule has 484 valence electrons. The van der Waals surface area contributed by atoms with Crippen molar-refractivity contribution in [3.63, 3.8) is 0 Å². The minimum absolute atomic E-state index is 0.0226. The fourth-order valence-corrected chi connectivity index (χ4v) is 12.4. The summed E-state index contributed by atoms with van der Waals surface area (Å²) in [5, 5.41) is 23.5. The molecule has 0 aliphatic rings. The number of hydrogen-bond donors (Lipinski definition) is 3. The number of carbonyl (C=O) groups excluding carboxylic acids is 2. The number of esters is 1. The molecule has 2 unspecified atom stereocenters. The van der Waals surface area contributed by atoms with Crippen LogP contribution in [0.2, 0.25) is 0 Å². The van der Waals surface area contributed by atoms with E-state index in [9.17, 15) is 19.8 Å². The number of amides is 1. The highest BCUT2D eigenvalue weighted by atomic mass is 16.5. The van der Waals surface area contributed by atoms with Gasteiger partial charge in [-0.15, -0.1) is 0 Å². The second-order valence-corrected chi connectivity index (χ2v) is 26.4. The van der Waals surface area contributed by atoms with Crippen molar-refractivity contribution in [1.82, 2.24) is 5.32 Å². The topological polar surface area (TPSA) is 95.9 Å². The largest absolute Gasteiger partial charge is 0.466 e. The van der Waals surface area contributed by atoms with Crippen molar-refractivity contribution in [3.8, 4) is 0 Å². The van der Waals surface area contributed by atoms with Crippen LogP contribution in [0.3, 0.4) is 0 Å². The summed E-state index contributed by atoms with van der Waals surface area (Å²) in [6, 6.07) is -0.539. The summed E-state index contributed by atoms with van der Waals surface area (Å²) in [4.78, 5) is 24.6. The number of rotatable bonds is 72. The zero-order valence-electron chi connectivity index (χ0n) is 55.6. The molecule has 3 N–H and O–H groups in total. The summed E-state index contributed by atoms with van der Waals surface area (Å²) in [5.41, 5.74) is 0. The quantitative estimate of drug-likeness (QED) is 0.0417. The highest BCUT2D eigenvalue weighted by Gasteiger charge is 2.20. The molecule has 0 aliphatic carbocycles. The van der Waals surface area contributed by atoms with Crippen molar-refractivity contribution in [2.45, 2.75) is 456 Å². The molecular formula is C75H149NO5. The Hall–Kier alpha value is -1.14. The molecule has 6 nitrogen and oxygen atoms in total. The maximum absolute atomic E-state index is 12.6. The van der Waals surface area contributed by atoms with E-state index < -0.39 is 12.1 Å². The van der Waals surface area contributed by atoms with Crippen LogP contribution >= 0.6 is 0 Å². The highest BCUT2D eigenvalue weighted by Crippen LogP contribution is 2.20. The van der Waals surface area contributed by atoms with E-state index in [0.717, 1.165) is 38.5 Å². The van der Waals surface area contributed by atoms with Crippen LogP contribution in [-0.2, 0) is 14.3 Å². The zero-order valence-corrected chi connectivity index (χ0v) is 55.6.